The van der Waals surface area contributed by atoms with E-state index >= 15 is 0 Å². The number of fused-ring (bicyclic) bond motifs is 4. The van der Waals surface area contributed by atoms with Crippen LogP contribution in [0.1, 0.15) is 36.8 Å². The van der Waals surface area contributed by atoms with E-state index in [2.05, 4.69) is 6.58 Å². The standard InChI is InChI=1S/C37H34N2O6/c1-3-22-13-15-24(16-14-22)38-33(41)27-18-17-25-28(31(27)35(38)43)21-29-34(42)39(23-9-5-4-6-10-23)36(44)37(29,2)32(25)26-11-7-8-12-30(26)45-20-19-40/h3-17,27-29,31-32,40H,1,18-21H2,2H3. The Balaban J connectivity index is 1.36. The molecule has 0 aromatic heterocycles. The van der Waals surface area contributed by atoms with Crippen LogP contribution in [0.3, 0.4) is 0 Å². The number of ether oxygens (including phenoxy) is 1. The van der Waals surface area contributed by atoms with E-state index in [1.165, 1.54) is 9.80 Å². The van der Waals surface area contributed by atoms with Gasteiger partial charge >= 0.3 is 0 Å². The van der Waals surface area contributed by atoms with Crippen molar-refractivity contribution in [1.82, 2.24) is 0 Å². The summed E-state index contributed by atoms with van der Waals surface area (Å²) in [6, 6.07) is 23.5. The third-order valence-electron chi connectivity index (χ3n) is 10.3. The van der Waals surface area contributed by atoms with E-state index < -0.39 is 35.0 Å². The highest BCUT2D eigenvalue weighted by Crippen LogP contribution is 2.64. The Morgan fingerprint density at radius 2 is 1.56 bits per heavy atom. The molecule has 0 radical (unpaired) electrons. The number of aliphatic hydroxyl groups excluding tert-OH is 1. The van der Waals surface area contributed by atoms with Crippen molar-refractivity contribution < 1.29 is 29.0 Å². The van der Waals surface area contributed by atoms with Gasteiger partial charge in [-0.2, -0.15) is 0 Å². The summed E-state index contributed by atoms with van der Waals surface area (Å²) in [7, 11) is 0. The molecule has 6 atom stereocenters. The van der Waals surface area contributed by atoms with Crippen LogP contribution in [-0.2, 0) is 19.2 Å². The van der Waals surface area contributed by atoms with Crippen LogP contribution >= 0.6 is 0 Å². The number of allylic oxidation sites excluding steroid dienone is 2. The summed E-state index contributed by atoms with van der Waals surface area (Å²) in [5.41, 5.74) is 2.32. The van der Waals surface area contributed by atoms with Gasteiger partial charge in [0.25, 0.3) is 0 Å². The zero-order chi connectivity index (χ0) is 31.5. The highest BCUT2D eigenvalue weighted by Gasteiger charge is 2.68. The number of anilines is 2. The Labute approximate surface area is 261 Å². The van der Waals surface area contributed by atoms with Crippen LogP contribution < -0.4 is 14.5 Å². The lowest BCUT2D eigenvalue weighted by Crippen LogP contribution is -2.49. The number of para-hydroxylation sites is 2. The van der Waals surface area contributed by atoms with Gasteiger partial charge in [-0.1, -0.05) is 72.8 Å². The van der Waals surface area contributed by atoms with Crippen LogP contribution in [0.5, 0.6) is 5.75 Å². The van der Waals surface area contributed by atoms with Crippen LogP contribution in [0.4, 0.5) is 11.4 Å². The minimum atomic E-state index is -1.17. The second-order valence-electron chi connectivity index (χ2n) is 12.4. The Hall–Kier alpha value is -4.82. The number of imide groups is 2. The molecule has 45 heavy (non-hydrogen) atoms. The lowest BCUT2D eigenvalue weighted by Gasteiger charge is -2.49. The molecule has 0 bridgehead atoms. The maximum absolute atomic E-state index is 14.6. The largest absolute Gasteiger partial charge is 0.491 e. The Bertz CT molecular complexity index is 1750. The van der Waals surface area contributed by atoms with Crippen molar-refractivity contribution in [3.05, 3.63) is 108 Å². The van der Waals surface area contributed by atoms with Gasteiger partial charge in [0.2, 0.25) is 23.6 Å². The summed E-state index contributed by atoms with van der Waals surface area (Å²) in [5, 5.41) is 9.54. The molecule has 8 heteroatoms. The number of hydrogen-bond acceptors (Lipinski definition) is 6. The Morgan fingerprint density at radius 1 is 0.867 bits per heavy atom. The number of carbonyl (C=O) groups excluding carboxylic acids is 4. The number of benzene rings is 3. The van der Waals surface area contributed by atoms with Gasteiger partial charge in [0, 0.05) is 11.5 Å². The van der Waals surface area contributed by atoms with Gasteiger partial charge in [-0.25, -0.2) is 4.90 Å². The fourth-order valence-corrected chi connectivity index (χ4v) is 8.20. The SMILES string of the molecule is C=Cc1ccc(N2C(=O)C3CC=C4C(CC5C(=O)N(c6ccccc6)C(=O)C5(C)C4c4ccccc4OCCO)C3C2=O)cc1. The van der Waals surface area contributed by atoms with Gasteiger partial charge in [0.15, 0.2) is 0 Å². The average Bonchev–Trinajstić information content (AvgIpc) is 3.43. The smallest absolute Gasteiger partial charge is 0.241 e. The quantitative estimate of drug-likeness (QED) is 0.297. The molecular weight excluding hydrogens is 568 g/mol. The summed E-state index contributed by atoms with van der Waals surface area (Å²) in [6.07, 6.45) is 4.35. The van der Waals surface area contributed by atoms with Crippen LogP contribution in [0.2, 0.25) is 0 Å². The molecule has 8 nitrogen and oxygen atoms in total. The van der Waals surface area contributed by atoms with E-state index in [4.69, 9.17) is 4.74 Å². The van der Waals surface area contributed by atoms with Crippen molar-refractivity contribution in [2.75, 3.05) is 23.0 Å². The van der Waals surface area contributed by atoms with E-state index in [0.717, 1.165) is 16.7 Å². The minimum Gasteiger partial charge on any atom is -0.491 e. The molecule has 3 aromatic rings. The normalized spacial score (nSPS) is 28.8. The van der Waals surface area contributed by atoms with Crippen molar-refractivity contribution >= 4 is 41.1 Å². The molecule has 2 saturated heterocycles. The fourth-order valence-electron chi connectivity index (χ4n) is 8.20. The van der Waals surface area contributed by atoms with Crippen LogP contribution in [0.25, 0.3) is 6.08 Å². The second-order valence-corrected chi connectivity index (χ2v) is 12.4. The lowest BCUT2D eigenvalue weighted by atomic mass is 9.51. The third-order valence-corrected chi connectivity index (χ3v) is 10.3. The number of carbonyl (C=O) groups is 4. The van der Waals surface area contributed by atoms with Crippen molar-refractivity contribution in [1.29, 1.82) is 0 Å². The minimum absolute atomic E-state index is 0.0622. The Kier molecular flexibility index (Phi) is 7.05. The van der Waals surface area contributed by atoms with E-state index in [1.54, 1.807) is 48.5 Å². The zero-order valence-electron chi connectivity index (χ0n) is 25.0. The second kappa shape index (κ2) is 11.0. The first kappa shape index (κ1) is 28.9. The van der Waals surface area contributed by atoms with Crippen molar-refractivity contribution in [2.24, 2.45) is 29.1 Å². The van der Waals surface area contributed by atoms with E-state index in [-0.39, 0.29) is 43.3 Å². The van der Waals surface area contributed by atoms with Crippen molar-refractivity contribution in [3.8, 4) is 5.75 Å². The molecule has 3 fully saturated rings. The molecule has 2 aliphatic carbocycles. The molecule has 4 amide bonds. The molecular formula is C37H34N2O6. The summed E-state index contributed by atoms with van der Waals surface area (Å²) in [6.45, 7) is 5.51. The van der Waals surface area contributed by atoms with Gasteiger partial charge in [0.05, 0.1) is 41.2 Å². The molecule has 1 saturated carbocycles. The molecule has 4 aliphatic rings. The van der Waals surface area contributed by atoms with Crippen LogP contribution in [0, 0.1) is 29.1 Å². The monoisotopic (exact) mass is 602 g/mol. The number of rotatable bonds is 7. The predicted octanol–water partition coefficient (Wildman–Crippen LogP) is 5.14. The average molecular weight is 603 g/mol. The first-order chi connectivity index (χ1) is 21.8. The predicted molar refractivity (Wildman–Crippen MR) is 169 cm³/mol. The molecule has 1 N–H and O–H groups in total. The van der Waals surface area contributed by atoms with Crippen LogP contribution in [-0.4, -0.2) is 41.9 Å². The zero-order valence-corrected chi connectivity index (χ0v) is 25.0. The highest BCUT2D eigenvalue weighted by atomic mass is 16.5. The van der Waals surface area contributed by atoms with Gasteiger partial charge in [-0.3, -0.25) is 24.1 Å². The lowest BCUT2D eigenvalue weighted by molar-refractivity contribution is -0.131. The summed E-state index contributed by atoms with van der Waals surface area (Å²) in [4.78, 5) is 59.5. The number of amides is 4. The summed E-state index contributed by atoms with van der Waals surface area (Å²) in [5.74, 6) is -3.60. The van der Waals surface area contributed by atoms with Gasteiger partial charge in [0.1, 0.15) is 12.4 Å². The summed E-state index contributed by atoms with van der Waals surface area (Å²) < 4.78 is 5.98. The van der Waals surface area contributed by atoms with E-state index in [9.17, 15) is 24.3 Å². The van der Waals surface area contributed by atoms with E-state index in [1.807, 2.05) is 49.4 Å². The first-order valence-electron chi connectivity index (χ1n) is 15.4. The summed E-state index contributed by atoms with van der Waals surface area (Å²) >= 11 is 0. The van der Waals surface area contributed by atoms with Gasteiger partial charge in [-0.15, -0.1) is 0 Å². The topological polar surface area (TPSA) is 104 Å². The van der Waals surface area contributed by atoms with E-state index in [0.29, 0.717) is 23.5 Å². The maximum Gasteiger partial charge on any atom is 0.241 e. The molecule has 0 spiro atoms. The fraction of sp³-hybridized carbons (Fsp3) is 0.297. The molecule has 228 valence electrons. The number of hydrogen-bond donors (Lipinski definition) is 1. The highest BCUT2D eigenvalue weighted by molar-refractivity contribution is 6.25. The molecule has 2 aliphatic heterocycles. The molecule has 3 aromatic carbocycles. The Morgan fingerprint density at radius 3 is 2.27 bits per heavy atom. The van der Waals surface area contributed by atoms with Crippen molar-refractivity contribution in [3.63, 3.8) is 0 Å². The molecule has 2 heterocycles. The van der Waals surface area contributed by atoms with Gasteiger partial charge < -0.3 is 9.84 Å². The van der Waals surface area contributed by atoms with Crippen LogP contribution in [0.15, 0.2) is 97.1 Å². The van der Waals surface area contributed by atoms with Gasteiger partial charge in [-0.05, 0) is 61.6 Å². The molecule has 6 unspecified atom stereocenters. The van der Waals surface area contributed by atoms with Crippen molar-refractivity contribution in [2.45, 2.75) is 25.7 Å². The number of nitrogens with zero attached hydrogens (tertiary/aromatic N) is 2. The molecule has 7 rings (SSSR count). The first-order valence-corrected chi connectivity index (χ1v) is 15.4. The number of aliphatic hydroxyl groups is 1. The maximum atomic E-state index is 14.6. The third kappa shape index (κ3) is 4.23.